The number of nitrogens with zero attached hydrogens (tertiary/aromatic N) is 1. The summed E-state index contributed by atoms with van der Waals surface area (Å²) in [6.45, 7) is 1.99. The number of carbonyl (C=O) groups is 2. The Morgan fingerprint density at radius 2 is 2.04 bits per heavy atom. The van der Waals surface area contributed by atoms with E-state index < -0.39 is 6.10 Å². The number of carbonyl (C=O) groups excluding carboxylic acids is 2. The van der Waals surface area contributed by atoms with Crippen LogP contribution in [0.2, 0.25) is 0 Å². The number of para-hydroxylation sites is 2. The maximum absolute atomic E-state index is 13.2. The molecular weight excluding hydrogens is 323 g/mol. The predicted octanol–water partition coefficient (Wildman–Crippen LogP) is 2.30. The van der Waals surface area contributed by atoms with E-state index in [-0.39, 0.29) is 24.2 Å². The van der Waals surface area contributed by atoms with Crippen molar-refractivity contribution in [3.05, 3.63) is 59.9 Å². The molecule has 2 amide bonds. The molecule has 1 aliphatic heterocycles. The molecule has 25 heavy (non-hydrogen) atoms. The molecule has 0 spiro atoms. The van der Waals surface area contributed by atoms with Crippen molar-refractivity contribution in [2.75, 3.05) is 18.0 Å². The first-order valence-corrected chi connectivity index (χ1v) is 8.10. The zero-order valence-electron chi connectivity index (χ0n) is 13.9. The summed E-state index contributed by atoms with van der Waals surface area (Å²) in [7, 11) is 0. The molecule has 0 fully saturated rings. The Balaban J connectivity index is 1.62. The fourth-order valence-electron chi connectivity index (χ4n) is 2.81. The molecular formula is C19H19FN2O3. The Labute approximate surface area is 145 Å². The van der Waals surface area contributed by atoms with Crippen LogP contribution in [0.4, 0.5) is 10.1 Å². The highest BCUT2D eigenvalue weighted by molar-refractivity contribution is 5.95. The first-order chi connectivity index (χ1) is 12.0. The lowest BCUT2D eigenvalue weighted by Crippen LogP contribution is -2.50. The number of anilines is 1. The first-order valence-electron chi connectivity index (χ1n) is 8.10. The first kappa shape index (κ1) is 17.0. The van der Waals surface area contributed by atoms with Gasteiger partial charge in [-0.1, -0.05) is 24.3 Å². The summed E-state index contributed by atoms with van der Waals surface area (Å²) in [6, 6.07) is 13.4. The van der Waals surface area contributed by atoms with Gasteiger partial charge in [-0.2, -0.15) is 0 Å². The number of fused-ring (bicyclic) bond motifs is 1. The van der Waals surface area contributed by atoms with Crippen molar-refractivity contribution in [2.24, 2.45) is 0 Å². The number of rotatable bonds is 4. The molecule has 1 atom stereocenters. The second-order valence-corrected chi connectivity index (χ2v) is 5.87. The average Bonchev–Trinajstić information content (AvgIpc) is 2.60. The Morgan fingerprint density at radius 3 is 2.80 bits per heavy atom. The van der Waals surface area contributed by atoms with Gasteiger partial charge in [-0.25, -0.2) is 4.39 Å². The van der Waals surface area contributed by atoms with Crippen molar-refractivity contribution in [3.8, 4) is 5.75 Å². The Bertz CT molecular complexity index is 794. The molecule has 130 valence electrons. The normalized spacial score (nSPS) is 15.9. The van der Waals surface area contributed by atoms with Crippen LogP contribution >= 0.6 is 0 Å². The molecule has 2 aromatic rings. The van der Waals surface area contributed by atoms with E-state index in [9.17, 15) is 14.0 Å². The zero-order valence-corrected chi connectivity index (χ0v) is 13.9. The van der Waals surface area contributed by atoms with Crippen molar-refractivity contribution in [1.82, 2.24) is 5.32 Å². The summed E-state index contributed by atoms with van der Waals surface area (Å²) in [5.74, 6) is -0.229. The number of nitrogens with one attached hydrogen (secondary N) is 1. The largest absolute Gasteiger partial charge is 0.477 e. The zero-order chi connectivity index (χ0) is 17.8. The third-order valence-electron chi connectivity index (χ3n) is 4.05. The van der Waals surface area contributed by atoms with Gasteiger partial charge in [0.15, 0.2) is 6.10 Å². The van der Waals surface area contributed by atoms with Crippen molar-refractivity contribution >= 4 is 17.5 Å². The summed E-state index contributed by atoms with van der Waals surface area (Å²) in [6.07, 6.45) is -0.255. The van der Waals surface area contributed by atoms with Gasteiger partial charge in [0, 0.05) is 13.5 Å². The molecule has 3 rings (SSSR count). The van der Waals surface area contributed by atoms with Gasteiger partial charge in [0.05, 0.1) is 12.2 Å². The Morgan fingerprint density at radius 1 is 1.24 bits per heavy atom. The number of amides is 2. The maximum atomic E-state index is 13.2. The van der Waals surface area contributed by atoms with Crippen LogP contribution in [-0.4, -0.2) is 31.0 Å². The third kappa shape index (κ3) is 3.96. The van der Waals surface area contributed by atoms with E-state index in [0.29, 0.717) is 24.4 Å². The van der Waals surface area contributed by atoms with Gasteiger partial charge in [0.1, 0.15) is 11.6 Å². The molecule has 2 aromatic carbocycles. The predicted molar refractivity (Wildman–Crippen MR) is 92.0 cm³/mol. The summed E-state index contributed by atoms with van der Waals surface area (Å²) in [5, 5.41) is 2.79. The standard InChI is InChI=1S/C19H19FN2O3/c1-13(23)22-12-18(25-17-8-3-2-7-16(17)22)19(24)21-10-9-14-5-4-6-15(20)11-14/h2-8,11,18H,9-10,12H2,1H3,(H,21,24). The summed E-state index contributed by atoms with van der Waals surface area (Å²) >= 11 is 0. The Hall–Kier alpha value is -2.89. The fourth-order valence-corrected chi connectivity index (χ4v) is 2.81. The van der Waals surface area contributed by atoms with E-state index in [2.05, 4.69) is 5.32 Å². The lowest BCUT2D eigenvalue weighted by atomic mass is 10.1. The highest BCUT2D eigenvalue weighted by Crippen LogP contribution is 2.33. The average molecular weight is 342 g/mol. The molecule has 0 saturated heterocycles. The van der Waals surface area contributed by atoms with Crippen LogP contribution in [0.15, 0.2) is 48.5 Å². The SMILES string of the molecule is CC(=O)N1CC(C(=O)NCCc2cccc(F)c2)Oc2ccccc21. The summed E-state index contributed by atoms with van der Waals surface area (Å²) < 4.78 is 18.9. The molecule has 0 aromatic heterocycles. The van der Waals surface area contributed by atoms with Crippen molar-refractivity contribution < 1.29 is 18.7 Å². The number of halogens is 1. The second-order valence-electron chi connectivity index (χ2n) is 5.87. The van der Waals surface area contributed by atoms with Crippen LogP contribution in [0.25, 0.3) is 0 Å². The van der Waals surface area contributed by atoms with Gasteiger partial charge in [0.2, 0.25) is 5.91 Å². The van der Waals surface area contributed by atoms with Crippen molar-refractivity contribution in [1.29, 1.82) is 0 Å². The number of hydrogen-bond acceptors (Lipinski definition) is 3. The van der Waals surface area contributed by atoms with E-state index in [0.717, 1.165) is 5.56 Å². The highest BCUT2D eigenvalue weighted by atomic mass is 19.1. The van der Waals surface area contributed by atoms with Gasteiger partial charge in [-0.15, -0.1) is 0 Å². The van der Waals surface area contributed by atoms with Crippen LogP contribution in [-0.2, 0) is 16.0 Å². The van der Waals surface area contributed by atoms with E-state index in [4.69, 9.17) is 4.74 Å². The quantitative estimate of drug-likeness (QED) is 0.927. The van der Waals surface area contributed by atoms with E-state index in [1.54, 1.807) is 30.3 Å². The lowest BCUT2D eigenvalue weighted by molar-refractivity contribution is -0.128. The molecule has 0 bridgehead atoms. The highest BCUT2D eigenvalue weighted by Gasteiger charge is 2.32. The molecule has 1 unspecified atom stereocenters. The van der Waals surface area contributed by atoms with Gasteiger partial charge in [-0.3, -0.25) is 9.59 Å². The summed E-state index contributed by atoms with van der Waals surface area (Å²) in [5.41, 5.74) is 1.47. The van der Waals surface area contributed by atoms with Crippen LogP contribution in [0.3, 0.4) is 0 Å². The topological polar surface area (TPSA) is 58.6 Å². The molecule has 1 aliphatic rings. The minimum atomic E-state index is -0.772. The fraction of sp³-hybridized carbons (Fsp3) is 0.263. The maximum Gasteiger partial charge on any atom is 0.262 e. The number of benzene rings is 2. The monoisotopic (exact) mass is 342 g/mol. The molecule has 6 heteroatoms. The van der Waals surface area contributed by atoms with Crippen molar-refractivity contribution in [2.45, 2.75) is 19.4 Å². The Kier molecular flexibility index (Phi) is 4.97. The van der Waals surface area contributed by atoms with Crippen LogP contribution in [0.5, 0.6) is 5.75 Å². The molecule has 0 saturated carbocycles. The third-order valence-corrected chi connectivity index (χ3v) is 4.05. The summed E-state index contributed by atoms with van der Waals surface area (Å²) in [4.78, 5) is 25.8. The van der Waals surface area contributed by atoms with Crippen LogP contribution in [0.1, 0.15) is 12.5 Å². The van der Waals surface area contributed by atoms with E-state index in [1.807, 2.05) is 6.07 Å². The lowest BCUT2D eigenvalue weighted by Gasteiger charge is -2.33. The number of hydrogen-bond donors (Lipinski definition) is 1. The van der Waals surface area contributed by atoms with E-state index in [1.165, 1.54) is 24.0 Å². The smallest absolute Gasteiger partial charge is 0.262 e. The van der Waals surface area contributed by atoms with Crippen LogP contribution in [0, 0.1) is 5.82 Å². The van der Waals surface area contributed by atoms with Crippen LogP contribution < -0.4 is 15.0 Å². The minimum absolute atomic E-state index is 0.145. The van der Waals surface area contributed by atoms with Gasteiger partial charge in [-0.05, 0) is 36.2 Å². The van der Waals surface area contributed by atoms with Gasteiger partial charge in [0.25, 0.3) is 5.91 Å². The molecule has 5 nitrogen and oxygen atoms in total. The van der Waals surface area contributed by atoms with Gasteiger partial charge < -0.3 is 15.0 Å². The van der Waals surface area contributed by atoms with Crippen molar-refractivity contribution in [3.63, 3.8) is 0 Å². The molecule has 1 N–H and O–H groups in total. The minimum Gasteiger partial charge on any atom is -0.477 e. The van der Waals surface area contributed by atoms with Gasteiger partial charge >= 0.3 is 0 Å². The van der Waals surface area contributed by atoms with E-state index >= 15 is 0 Å². The second kappa shape index (κ2) is 7.34. The molecule has 0 aliphatic carbocycles. The molecule has 0 radical (unpaired) electrons. The molecule has 1 heterocycles. The number of ether oxygens (including phenoxy) is 1.